The number of nitrogens with two attached hydrogens (primary N) is 1. The number of nitrogens with zero attached hydrogens (tertiary/aromatic N) is 4. The monoisotopic (exact) mass is 423 g/mol. The highest BCUT2D eigenvalue weighted by atomic mass is 19.1. The van der Waals surface area contributed by atoms with Gasteiger partial charge in [0, 0.05) is 18.3 Å². The first-order valence-electron chi connectivity index (χ1n) is 10.7. The van der Waals surface area contributed by atoms with Crippen molar-refractivity contribution >= 4 is 17.4 Å². The van der Waals surface area contributed by atoms with Gasteiger partial charge in [-0.25, -0.2) is 18.7 Å². The fourth-order valence-corrected chi connectivity index (χ4v) is 4.66. The molecule has 1 saturated heterocycles. The molecule has 31 heavy (non-hydrogen) atoms. The fraction of sp³-hybridized carbons (Fsp3) is 0.435. The average molecular weight is 423 g/mol. The summed E-state index contributed by atoms with van der Waals surface area (Å²) in [5, 5.41) is 13.5. The number of fused-ring (bicyclic) bond motifs is 1. The third-order valence-corrected chi connectivity index (χ3v) is 6.64. The number of carbonyl (C=O) groups is 1. The number of carboxylic acid groups (broad SMARTS) is 1. The van der Waals surface area contributed by atoms with Crippen molar-refractivity contribution in [2.24, 2.45) is 11.7 Å². The quantitative estimate of drug-likeness (QED) is 0.629. The van der Waals surface area contributed by atoms with E-state index in [9.17, 15) is 14.3 Å². The van der Waals surface area contributed by atoms with Gasteiger partial charge >= 0.3 is 5.97 Å². The van der Waals surface area contributed by atoms with Gasteiger partial charge in [0.05, 0.1) is 12.2 Å². The largest absolute Gasteiger partial charge is 0.477 e. The molecule has 1 aliphatic heterocycles. The minimum Gasteiger partial charge on any atom is -0.477 e. The van der Waals surface area contributed by atoms with E-state index in [2.05, 4.69) is 21.9 Å². The summed E-state index contributed by atoms with van der Waals surface area (Å²) in [6, 6.07) is 6.86. The number of hydrogen-bond acceptors (Lipinski definition) is 5. The van der Waals surface area contributed by atoms with Gasteiger partial charge in [0.15, 0.2) is 5.65 Å². The molecule has 2 atom stereocenters. The Morgan fingerprint density at radius 1 is 1.35 bits per heavy atom. The van der Waals surface area contributed by atoms with Crippen LogP contribution in [0, 0.1) is 11.7 Å². The van der Waals surface area contributed by atoms with Gasteiger partial charge < -0.3 is 15.7 Å². The van der Waals surface area contributed by atoms with Crippen LogP contribution in [0.3, 0.4) is 0 Å². The van der Waals surface area contributed by atoms with Gasteiger partial charge in [0.2, 0.25) is 0 Å². The van der Waals surface area contributed by atoms with E-state index in [0.717, 1.165) is 49.8 Å². The third kappa shape index (κ3) is 3.76. The van der Waals surface area contributed by atoms with Crippen molar-refractivity contribution in [3.05, 3.63) is 59.2 Å². The molecule has 5 rings (SSSR count). The highest BCUT2D eigenvalue weighted by Gasteiger charge is 2.38. The van der Waals surface area contributed by atoms with Gasteiger partial charge in [-0.1, -0.05) is 13.0 Å². The highest BCUT2D eigenvalue weighted by molar-refractivity contribution is 5.94. The van der Waals surface area contributed by atoms with Crippen LogP contribution in [0.5, 0.6) is 0 Å². The van der Waals surface area contributed by atoms with E-state index in [-0.39, 0.29) is 23.0 Å². The predicted octanol–water partition coefficient (Wildman–Crippen LogP) is 3.58. The lowest BCUT2D eigenvalue weighted by Gasteiger charge is -2.28. The molecule has 3 N–H and O–H groups in total. The van der Waals surface area contributed by atoms with Gasteiger partial charge in [-0.05, 0) is 67.3 Å². The normalized spacial score (nSPS) is 22.2. The predicted molar refractivity (Wildman–Crippen MR) is 115 cm³/mol. The van der Waals surface area contributed by atoms with E-state index < -0.39 is 5.97 Å². The molecule has 0 spiro atoms. The molecule has 2 unspecified atom stereocenters. The van der Waals surface area contributed by atoms with Crippen LogP contribution < -0.4 is 10.6 Å². The van der Waals surface area contributed by atoms with Crippen LogP contribution in [-0.2, 0) is 6.42 Å². The Labute approximate surface area is 179 Å². The molecule has 3 aromatic rings. The second-order valence-corrected chi connectivity index (χ2v) is 9.13. The van der Waals surface area contributed by atoms with Crippen molar-refractivity contribution in [3.63, 3.8) is 0 Å². The van der Waals surface area contributed by atoms with Crippen LogP contribution in [0.1, 0.15) is 60.1 Å². The second kappa shape index (κ2) is 7.30. The number of aromatic nitrogens is 3. The molecule has 0 amide bonds. The third-order valence-electron chi connectivity index (χ3n) is 6.64. The maximum Gasteiger partial charge on any atom is 0.341 e. The van der Waals surface area contributed by atoms with Crippen molar-refractivity contribution in [2.75, 3.05) is 11.4 Å². The summed E-state index contributed by atoms with van der Waals surface area (Å²) in [7, 11) is 0. The van der Waals surface area contributed by atoms with Crippen LogP contribution >= 0.6 is 0 Å². The van der Waals surface area contributed by atoms with E-state index in [1.165, 1.54) is 16.8 Å². The Morgan fingerprint density at radius 3 is 2.90 bits per heavy atom. The lowest BCUT2D eigenvalue weighted by atomic mass is 9.92. The lowest BCUT2D eigenvalue weighted by Crippen LogP contribution is -2.26. The van der Waals surface area contributed by atoms with E-state index in [0.29, 0.717) is 17.4 Å². The molecule has 0 bridgehead atoms. The Hall–Kier alpha value is -3.00. The molecule has 2 fully saturated rings. The number of halogens is 1. The number of aromatic carboxylic acids is 1. The minimum atomic E-state index is -1.06. The number of anilines is 1. The van der Waals surface area contributed by atoms with E-state index in [1.807, 2.05) is 12.1 Å². The number of hydrogen-bond donors (Lipinski definition) is 2. The number of carboxylic acids is 1. The zero-order valence-electron chi connectivity index (χ0n) is 17.5. The molecule has 2 aliphatic rings. The molecular weight excluding hydrogens is 397 g/mol. The van der Waals surface area contributed by atoms with Crippen molar-refractivity contribution in [3.8, 4) is 0 Å². The molecule has 0 radical (unpaired) electrons. The van der Waals surface area contributed by atoms with Gasteiger partial charge in [-0.3, -0.25) is 0 Å². The fourth-order valence-electron chi connectivity index (χ4n) is 4.66. The van der Waals surface area contributed by atoms with Crippen LogP contribution in [0.2, 0.25) is 0 Å². The molecule has 3 heterocycles. The van der Waals surface area contributed by atoms with Gasteiger partial charge in [-0.2, -0.15) is 5.10 Å². The summed E-state index contributed by atoms with van der Waals surface area (Å²) >= 11 is 0. The minimum absolute atomic E-state index is 0.0280. The maximum absolute atomic E-state index is 14.3. The van der Waals surface area contributed by atoms with Crippen LogP contribution in [-0.4, -0.2) is 37.8 Å². The summed E-state index contributed by atoms with van der Waals surface area (Å²) in [4.78, 5) is 18.3. The summed E-state index contributed by atoms with van der Waals surface area (Å²) in [5.74, 6) is -0.237. The Balaban J connectivity index is 1.52. The standard InChI is InChI=1S/C23H26FN5O2/c1-14-10-19(17-11-16(24)3-2-15(17)4-6-23(25)7-8-23)28(13-14)20-5-9-29-21(27-20)18(12-26-29)22(30)31/h2-3,5,9,11-12,14,19H,4,6-8,10,13,25H2,1H3,(H,30,31). The first-order valence-corrected chi connectivity index (χ1v) is 10.7. The van der Waals surface area contributed by atoms with Crippen LogP contribution in [0.25, 0.3) is 5.65 Å². The van der Waals surface area contributed by atoms with Gasteiger partial charge in [-0.15, -0.1) is 0 Å². The topological polar surface area (TPSA) is 96.8 Å². The van der Waals surface area contributed by atoms with E-state index in [4.69, 9.17) is 5.73 Å². The molecule has 8 heteroatoms. The number of benzene rings is 1. The Morgan fingerprint density at radius 2 is 2.16 bits per heavy atom. The Kier molecular flexibility index (Phi) is 4.69. The first-order chi connectivity index (χ1) is 14.8. The van der Waals surface area contributed by atoms with E-state index in [1.54, 1.807) is 12.3 Å². The first kappa shape index (κ1) is 19.9. The average Bonchev–Trinajstić information content (AvgIpc) is 3.15. The zero-order valence-corrected chi connectivity index (χ0v) is 17.5. The molecule has 1 saturated carbocycles. The van der Waals surface area contributed by atoms with Crippen molar-refractivity contribution in [1.29, 1.82) is 0 Å². The highest BCUT2D eigenvalue weighted by Crippen LogP contribution is 2.42. The SMILES string of the molecule is CC1CC(c2cc(F)ccc2CCC2(N)CC2)N(c2ccn3ncc(C(=O)O)c3n2)C1. The maximum atomic E-state index is 14.3. The van der Waals surface area contributed by atoms with E-state index >= 15 is 0 Å². The summed E-state index contributed by atoms with van der Waals surface area (Å²) < 4.78 is 15.8. The molecule has 1 aliphatic carbocycles. The van der Waals surface area contributed by atoms with Crippen molar-refractivity contribution in [1.82, 2.24) is 14.6 Å². The zero-order chi connectivity index (χ0) is 21.8. The van der Waals surface area contributed by atoms with Crippen molar-refractivity contribution < 1.29 is 14.3 Å². The summed E-state index contributed by atoms with van der Waals surface area (Å²) in [5.41, 5.74) is 8.71. The van der Waals surface area contributed by atoms with Crippen molar-refractivity contribution in [2.45, 2.75) is 50.6 Å². The molecule has 1 aromatic carbocycles. The number of aryl methyl sites for hydroxylation is 1. The second-order valence-electron chi connectivity index (χ2n) is 9.13. The van der Waals surface area contributed by atoms with Gasteiger partial charge in [0.25, 0.3) is 0 Å². The lowest BCUT2D eigenvalue weighted by molar-refractivity contribution is 0.0698. The van der Waals surface area contributed by atoms with Crippen LogP contribution in [0.4, 0.5) is 10.2 Å². The van der Waals surface area contributed by atoms with Crippen LogP contribution in [0.15, 0.2) is 36.7 Å². The molecular formula is C23H26FN5O2. The smallest absolute Gasteiger partial charge is 0.341 e. The molecule has 2 aromatic heterocycles. The summed E-state index contributed by atoms with van der Waals surface area (Å²) in [6.07, 6.45) is 7.74. The molecule has 162 valence electrons. The Bertz CT molecular complexity index is 1160. The summed E-state index contributed by atoms with van der Waals surface area (Å²) in [6.45, 7) is 2.94. The van der Waals surface area contributed by atoms with Gasteiger partial charge in [0.1, 0.15) is 17.2 Å². The molecule has 7 nitrogen and oxygen atoms in total. The number of rotatable bonds is 6.